The van der Waals surface area contributed by atoms with Crippen LogP contribution in [0.4, 0.5) is 0 Å². The van der Waals surface area contributed by atoms with E-state index in [-0.39, 0.29) is 23.7 Å². The number of pyridine rings is 1. The van der Waals surface area contributed by atoms with Crippen LogP contribution in [0.3, 0.4) is 0 Å². The van der Waals surface area contributed by atoms with E-state index in [1.54, 1.807) is 17.5 Å². The molecule has 2 amide bonds. The number of piperidine rings is 1. The first kappa shape index (κ1) is 23.8. The molecule has 0 bridgehead atoms. The molecule has 4 aromatic rings. The van der Waals surface area contributed by atoms with Crippen molar-refractivity contribution in [1.29, 1.82) is 5.26 Å². The van der Waals surface area contributed by atoms with E-state index in [2.05, 4.69) is 33.2 Å². The quantitative estimate of drug-likeness (QED) is 0.342. The largest absolute Gasteiger partial charge is 0.345 e. The number of carbonyl (C=O) groups excluding carboxylic acids is 2. The van der Waals surface area contributed by atoms with Crippen LogP contribution in [-0.2, 0) is 22.7 Å². The summed E-state index contributed by atoms with van der Waals surface area (Å²) >= 11 is 8.17. The number of amides is 2. The van der Waals surface area contributed by atoms with E-state index in [0.29, 0.717) is 18.1 Å². The SMILES string of the molecule is N#CC1(Cn2ccc3cc(Cl)cc(-c4ccnc5cc(CN6C(=O)C7CCC7C6=O)sc45)c32)CCNCC1. The van der Waals surface area contributed by atoms with Gasteiger partial charge in [0.25, 0.3) is 0 Å². The zero-order valence-corrected chi connectivity index (χ0v) is 22.3. The molecule has 3 fully saturated rings. The number of carbonyl (C=O) groups is 2. The molecular formula is C29H26ClN5O2S. The number of thiophene rings is 1. The lowest BCUT2D eigenvalue weighted by Gasteiger charge is -2.32. The number of imide groups is 1. The highest BCUT2D eigenvalue weighted by Crippen LogP contribution is 2.44. The number of nitrogens with one attached hydrogen (secondary N) is 1. The minimum Gasteiger partial charge on any atom is -0.345 e. The van der Waals surface area contributed by atoms with E-state index in [1.165, 1.54) is 4.90 Å². The molecule has 1 aliphatic carbocycles. The van der Waals surface area contributed by atoms with Crippen LogP contribution in [0.5, 0.6) is 0 Å². The molecule has 1 N–H and O–H groups in total. The first-order chi connectivity index (χ1) is 18.5. The lowest BCUT2D eigenvalue weighted by molar-refractivity contribution is -0.140. The first-order valence-electron chi connectivity index (χ1n) is 13.1. The van der Waals surface area contributed by atoms with E-state index in [1.807, 2.05) is 24.3 Å². The summed E-state index contributed by atoms with van der Waals surface area (Å²) in [6, 6.07) is 12.6. The van der Waals surface area contributed by atoms with Crippen molar-refractivity contribution in [3.63, 3.8) is 0 Å². The summed E-state index contributed by atoms with van der Waals surface area (Å²) < 4.78 is 3.20. The van der Waals surface area contributed by atoms with Crippen molar-refractivity contribution in [2.45, 2.75) is 38.8 Å². The van der Waals surface area contributed by atoms with Gasteiger partial charge in [0.05, 0.1) is 45.6 Å². The van der Waals surface area contributed by atoms with Crippen LogP contribution in [0.1, 0.15) is 30.6 Å². The van der Waals surface area contributed by atoms with Gasteiger partial charge in [-0.25, -0.2) is 0 Å². The maximum Gasteiger partial charge on any atom is 0.233 e. The van der Waals surface area contributed by atoms with Crippen molar-refractivity contribution in [3.8, 4) is 17.2 Å². The van der Waals surface area contributed by atoms with E-state index in [0.717, 1.165) is 75.9 Å². The smallest absolute Gasteiger partial charge is 0.233 e. The van der Waals surface area contributed by atoms with E-state index in [4.69, 9.17) is 11.6 Å². The Balaban J connectivity index is 1.30. The molecule has 2 saturated heterocycles. The van der Waals surface area contributed by atoms with E-state index < -0.39 is 5.41 Å². The van der Waals surface area contributed by atoms with Gasteiger partial charge in [-0.05, 0) is 69.1 Å². The molecule has 38 heavy (non-hydrogen) atoms. The molecule has 2 atom stereocenters. The fourth-order valence-electron chi connectivity index (χ4n) is 6.38. The lowest BCUT2D eigenvalue weighted by Crippen LogP contribution is -2.38. The highest BCUT2D eigenvalue weighted by atomic mass is 35.5. The van der Waals surface area contributed by atoms with Gasteiger partial charge in [-0.1, -0.05) is 11.6 Å². The molecule has 1 saturated carbocycles. The number of rotatable bonds is 5. The number of nitriles is 1. The predicted molar refractivity (Wildman–Crippen MR) is 147 cm³/mol. The molecule has 0 spiro atoms. The number of benzene rings is 1. The zero-order valence-electron chi connectivity index (χ0n) is 20.7. The van der Waals surface area contributed by atoms with Crippen molar-refractivity contribution in [2.75, 3.05) is 13.1 Å². The number of likely N-dealkylation sites (tertiary alicyclic amines) is 1. The molecule has 192 valence electrons. The van der Waals surface area contributed by atoms with Crippen molar-refractivity contribution >= 4 is 55.9 Å². The van der Waals surface area contributed by atoms with Gasteiger partial charge in [0.1, 0.15) is 0 Å². The second kappa shape index (κ2) is 8.91. The number of hydrogen-bond donors (Lipinski definition) is 1. The minimum absolute atomic E-state index is 0.0319. The highest BCUT2D eigenvalue weighted by molar-refractivity contribution is 7.19. The number of hydrogen-bond acceptors (Lipinski definition) is 6. The van der Waals surface area contributed by atoms with E-state index in [9.17, 15) is 14.9 Å². The Morgan fingerprint density at radius 1 is 1.11 bits per heavy atom. The lowest BCUT2D eigenvalue weighted by atomic mass is 9.76. The molecule has 2 unspecified atom stereocenters. The summed E-state index contributed by atoms with van der Waals surface area (Å²) in [6.45, 7) is 2.61. The van der Waals surface area contributed by atoms with Gasteiger partial charge in [0.2, 0.25) is 11.8 Å². The van der Waals surface area contributed by atoms with Gasteiger partial charge in [-0.2, -0.15) is 5.26 Å². The molecule has 2 aliphatic heterocycles. The van der Waals surface area contributed by atoms with Crippen LogP contribution >= 0.6 is 22.9 Å². The average Bonchev–Trinajstić information content (AvgIpc) is 3.53. The molecule has 9 heteroatoms. The van der Waals surface area contributed by atoms with Gasteiger partial charge < -0.3 is 9.88 Å². The number of aromatic nitrogens is 2. The summed E-state index contributed by atoms with van der Waals surface area (Å²) in [7, 11) is 0. The van der Waals surface area contributed by atoms with Crippen LogP contribution in [0.25, 0.3) is 32.2 Å². The monoisotopic (exact) mass is 543 g/mol. The van der Waals surface area contributed by atoms with Crippen LogP contribution in [-0.4, -0.2) is 39.4 Å². The first-order valence-corrected chi connectivity index (χ1v) is 14.3. The molecule has 0 radical (unpaired) electrons. The fourth-order valence-corrected chi connectivity index (χ4v) is 7.73. The Morgan fingerprint density at radius 2 is 1.87 bits per heavy atom. The molecular weight excluding hydrogens is 518 g/mol. The van der Waals surface area contributed by atoms with Crippen molar-refractivity contribution in [3.05, 3.63) is 52.6 Å². The Morgan fingerprint density at radius 3 is 2.58 bits per heavy atom. The Bertz CT molecular complexity index is 1640. The van der Waals surface area contributed by atoms with Crippen LogP contribution in [0, 0.1) is 28.6 Å². The maximum atomic E-state index is 12.7. The minimum atomic E-state index is -0.411. The third-order valence-electron chi connectivity index (χ3n) is 8.60. The van der Waals surface area contributed by atoms with E-state index >= 15 is 0 Å². The number of nitrogens with zero attached hydrogens (tertiary/aromatic N) is 4. The standard InChI is InChI=1S/C29H26ClN5O2S/c30-18-11-17-4-10-34(16-29(15-31)5-8-32-9-6-29)25(17)23(12-18)20-3-7-33-24-13-19(38-26(20)24)14-35-27(36)21-1-2-22(21)28(35)37/h3-4,7,10-13,21-22,32H,1-2,5-6,8-9,14,16H2. The van der Waals surface area contributed by atoms with Gasteiger partial charge >= 0.3 is 0 Å². The number of halogens is 1. The summed E-state index contributed by atoms with van der Waals surface area (Å²) in [5.74, 6) is -0.296. The molecule has 3 aromatic heterocycles. The number of fused-ring (bicyclic) bond motifs is 3. The Hall–Kier alpha value is -3.25. The highest BCUT2D eigenvalue weighted by Gasteiger charge is 2.52. The third-order valence-corrected chi connectivity index (χ3v) is 9.96. The summed E-state index contributed by atoms with van der Waals surface area (Å²) in [4.78, 5) is 32.5. The molecule has 3 aliphatic rings. The average molecular weight is 544 g/mol. The van der Waals surface area contributed by atoms with Crippen LogP contribution in [0.2, 0.25) is 5.02 Å². The van der Waals surface area contributed by atoms with Crippen molar-refractivity contribution < 1.29 is 9.59 Å². The Labute approximate surface area is 229 Å². The van der Waals surface area contributed by atoms with Crippen LogP contribution < -0.4 is 5.32 Å². The normalized spacial score (nSPS) is 22.6. The second-order valence-corrected chi connectivity index (χ2v) is 12.4. The summed E-state index contributed by atoms with van der Waals surface area (Å²) in [5.41, 5.74) is 3.47. The predicted octanol–water partition coefficient (Wildman–Crippen LogP) is 5.36. The molecule has 5 heterocycles. The maximum absolute atomic E-state index is 12.7. The molecule has 7 rings (SSSR count). The van der Waals surface area contributed by atoms with Crippen molar-refractivity contribution in [2.24, 2.45) is 17.3 Å². The van der Waals surface area contributed by atoms with Gasteiger partial charge in [0.15, 0.2) is 0 Å². The van der Waals surface area contributed by atoms with Crippen molar-refractivity contribution in [1.82, 2.24) is 19.8 Å². The third kappa shape index (κ3) is 3.68. The molecule has 7 nitrogen and oxygen atoms in total. The van der Waals surface area contributed by atoms with Gasteiger partial charge in [0, 0.05) is 45.4 Å². The van der Waals surface area contributed by atoms with Gasteiger partial charge in [-0.15, -0.1) is 11.3 Å². The summed E-state index contributed by atoms with van der Waals surface area (Å²) in [6.07, 6.45) is 7.12. The fraction of sp³-hybridized carbons (Fsp3) is 0.379. The zero-order chi connectivity index (χ0) is 26.0. The Kier molecular flexibility index (Phi) is 5.59. The topological polar surface area (TPSA) is 91.0 Å². The second-order valence-electron chi connectivity index (χ2n) is 10.8. The van der Waals surface area contributed by atoms with Crippen LogP contribution in [0.15, 0.2) is 42.7 Å². The van der Waals surface area contributed by atoms with Gasteiger partial charge in [-0.3, -0.25) is 19.5 Å². The summed E-state index contributed by atoms with van der Waals surface area (Å²) in [5, 5.41) is 15.1. The molecule has 1 aromatic carbocycles.